The van der Waals surface area contributed by atoms with E-state index in [1.807, 2.05) is 12.2 Å². The molecule has 2 fully saturated rings. The zero-order valence-electron chi connectivity index (χ0n) is 13.2. The van der Waals surface area contributed by atoms with Gasteiger partial charge in [0, 0.05) is 0 Å². The van der Waals surface area contributed by atoms with E-state index in [0.717, 1.165) is 11.4 Å². The molecular formula is C18H16N2O5. The fraction of sp³-hybridized carbons (Fsp3) is 0.333. The summed E-state index contributed by atoms with van der Waals surface area (Å²) >= 11 is 0. The molecule has 25 heavy (non-hydrogen) atoms. The highest BCUT2D eigenvalue weighted by atomic mass is 16.5. The van der Waals surface area contributed by atoms with Crippen molar-refractivity contribution in [1.29, 1.82) is 0 Å². The molecule has 128 valence electrons. The van der Waals surface area contributed by atoms with Gasteiger partial charge in [-0.1, -0.05) is 12.2 Å². The summed E-state index contributed by atoms with van der Waals surface area (Å²) in [6.45, 7) is -0.413. The van der Waals surface area contributed by atoms with Gasteiger partial charge in [0.15, 0.2) is 6.61 Å². The SMILES string of the molecule is O=C(O)COc1ccc(C=NN2C(=O)[C@@H]3[C@H](C2=O)[C@H]2C=C[C@H]3C2)cc1. The number of hydrogen-bond donors (Lipinski definition) is 1. The zero-order chi connectivity index (χ0) is 17.6. The molecule has 2 bridgehead atoms. The van der Waals surface area contributed by atoms with Gasteiger partial charge in [-0.05, 0) is 48.1 Å². The van der Waals surface area contributed by atoms with E-state index in [0.29, 0.717) is 11.3 Å². The fourth-order valence-electron chi connectivity index (χ4n) is 3.92. The monoisotopic (exact) mass is 340 g/mol. The van der Waals surface area contributed by atoms with E-state index in [4.69, 9.17) is 9.84 Å². The normalized spacial score (nSPS) is 29.7. The van der Waals surface area contributed by atoms with Crippen LogP contribution in [0.3, 0.4) is 0 Å². The number of carboxylic acid groups (broad SMARTS) is 1. The Morgan fingerprint density at radius 3 is 2.32 bits per heavy atom. The third-order valence-corrected chi connectivity index (χ3v) is 5.01. The molecule has 3 aliphatic rings. The maximum absolute atomic E-state index is 12.5. The van der Waals surface area contributed by atoms with E-state index in [-0.39, 0.29) is 35.5 Å². The van der Waals surface area contributed by atoms with Crippen LogP contribution in [0.5, 0.6) is 5.75 Å². The first kappa shape index (κ1) is 15.6. The van der Waals surface area contributed by atoms with Crippen molar-refractivity contribution in [2.45, 2.75) is 6.42 Å². The van der Waals surface area contributed by atoms with E-state index < -0.39 is 12.6 Å². The molecular weight excluding hydrogens is 324 g/mol. The van der Waals surface area contributed by atoms with Crippen molar-refractivity contribution in [3.05, 3.63) is 42.0 Å². The second kappa shape index (κ2) is 5.84. The van der Waals surface area contributed by atoms with Crippen molar-refractivity contribution < 1.29 is 24.2 Å². The van der Waals surface area contributed by atoms with E-state index in [9.17, 15) is 14.4 Å². The predicted molar refractivity (Wildman–Crippen MR) is 86.7 cm³/mol. The van der Waals surface area contributed by atoms with Gasteiger partial charge in [0.1, 0.15) is 5.75 Å². The van der Waals surface area contributed by atoms with Crippen molar-refractivity contribution in [3.63, 3.8) is 0 Å². The molecule has 2 aliphatic carbocycles. The third-order valence-electron chi connectivity index (χ3n) is 5.01. The number of hydrazone groups is 1. The molecule has 7 heteroatoms. The van der Waals surface area contributed by atoms with Crippen LogP contribution in [0.25, 0.3) is 0 Å². The van der Waals surface area contributed by atoms with Gasteiger partial charge < -0.3 is 9.84 Å². The average Bonchev–Trinajstić information content (AvgIpc) is 3.27. The fourth-order valence-corrected chi connectivity index (χ4v) is 3.92. The first-order chi connectivity index (χ1) is 12.0. The van der Waals surface area contributed by atoms with Crippen LogP contribution >= 0.6 is 0 Å². The minimum Gasteiger partial charge on any atom is -0.482 e. The minimum atomic E-state index is -1.05. The van der Waals surface area contributed by atoms with Crippen molar-refractivity contribution in [2.24, 2.45) is 28.8 Å². The van der Waals surface area contributed by atoms with Gasteiger partial charge in [0.25, 0.3) is 11.8 Å². The lowest BCUT2D eigenvalue weighted by Crippen LogP contribution is -2.28. The largest absolute Gasteiger partial charge is 0.482 e. The summed E-state index contributed by atoms with van der Waals surface area (Å²) in [6, 6.07) is 6.57. The lowest BCUT2D eigenvalue weighted by atomic mass is 9.85. The van der Waals surface area contributed by atoms with E-state index in [1.165, 1.54) is 6.21 Å². The van der Waals surface area contributed by atoms with E-state index >= 15 is 0 Å². The Balaban J connectivity index is 1.45. The summed E-state index contributed by atoms with van der Waals surface area (Å²) in [5.41, 5.74) is 0.682. The molecule has 1 saturated carbocycles. The Bertz CT molecular complexity index is 768. The van der Waals surface area contributed by atoms with Gasteiger partial charge in [-0.15, -0.1) is 0 Å². The molecule has 7 nitrogen and oxygen atoms in total. The molecule has 1 aromatic rings. The number of rotatable bonds is 5. The number of nitrogens with zero attached hydrogens (tertiary/aromatic N) is 2. The summed E-state index contributed by atoms with van der Waals surface area (Å²) in [5.74, 6) is -1.25. The van der Waals surface area contributed by atoms with Crippen LogP contribution in [0.15, 0.2) is 41.5 Å². The standard InChI is InChI=1S/C18H16N2O5/c21-14(22)9-25-13-5-1-10(2-6-13)8-19-20-17(23)15-11-3-4-12(7-11)16(15)18(20)24/h1-6,8,11-12,15-16H,7,9H2,(H,21,22)/t11-,12-,15-,16+/m0/s1. The van der Waals surface area contributed by atoms with Gasteiger partial charge in [-0.3, -0.25) is 9.59 Å². The number of carbonyl (C=O) groups excluding carboxylic acids is 2. The van der Waals surface area contributed by atoms with Crippen molar-refractivity contribution in [3.8, 4) is 5.75 Å². The van der Waals surface area contributed by atoms with Crippen molar-refractivity contribution in [2.75, 3.05) is 6.61 Å². The quantitative estimate of drug-likeness (QED) is 0.495. The number of ether oxygens (including phenoxy) is 1. The summed E-state index contributed by atoms with van der Waals surface area (Å²) < 4.78 is 5.05. The topological polar surface area (TPSA) is 96.3 Å². The molecule has 1 aliphatic heterocycles. The van der Waals surface area contributed by atoms with Crippen molar-refractivity contribution in [1.82, 2.24) is 5.01 Å². The number of aliphatic carboxylic acids is 1. The van der Waals surface area contributed by atoms with Crippen LogP contribution in [-0.4, -0.2) is 40.7 Å². The molecule has 4 atom stereocenters. The molecule has 0 aromatic heterocycles. The number of benzene rings is 1. The second-order valence-corrected chi connectivity index (χ2v) is 6.48. The number of amides is 2. The lowest BCUT2D eigenvalue weighted by Gasteiger charge is -2.13. The highest BCUT2D eigenvalue weighted by Gasteiger charge is 2.59. The first-order valence-electron chi connectivity index (χ1n) is 8.09. The number of fused-ring (bicyclic) bond motifs is 5. The van der Waals surface area contributed by atoms with Crippen LogP contribution in [0.2, 0.25) is 0 Å². The molecule has 1 aromatic carbocycles. The molecule has 0 unspecified atom stereocenters. The number of carboxylic acids is 1. The maximum atomic E-state index is 12.5. The molecule has 4 rings (SSSR count). The lowest BCUT2D eigenvalue weighted by molar-refractivity contribution is -0.141. The molecule has 2 amide bonds. The Morgan fingerprint density at radius 1 is 1.16 bits per heavy atom. The molecule has 0 radical (unpaired) electrons. The Kier molecular flexibility index (Phi) is 3.63. The van der Waals surface area contributed by atoms with E-state index in [2.05, 4.69) is 5.10 Å². The minimum absolute atomic E-state index is 0.164. The average molecular weight is 340 g/mol. The van der Waals surface area contributed by atoms with Crippen LogP contribution in [-0.2, 0) is 14.4 Å². The van der Waals surface area contributed by atoms with Gasteiger partial charge in [-0.25, -0.2) is 4.79 Å². The van der Waals surface area contributed by atoms with Crippen LogP contribution in [0.4, 0.5) is 0 Å². The first-order valence-corrected chi connectivity index (χ1v) is 8.09. The number of imide groups is 1. The van der Waals surface area contributed by atoms with Crippen molar-refractivity contribution >= 4 is 24.0 Å². The van der Waals surface area contributed by atoms with Crippen LogP contribution in [0.1, 0.15) is 12.0 Å². The number of carbonyl (C=O) groups is 3. The zero-order valence-corrected chi connectivity index (χ0v) is 13.2. The van der Waals surface area contributed by atoms with E-state index in [1.54, 1.807) is 24.3 Å². The summed E-state index contributed by atoms with van der Waals surface area (Å²) in [5, 5.41) is 13.7. The Labute approximate surface area is 143 Å². The van der Waals surface area contributed by atoms with Gasteiger partial charge >= 0.3 is 5.97 Å². The third kappa shape index (κ3) is 2.61. The number of hydrogen-bond acceptors (Lipinski definition) is 5. The number of allylic oxidation sites excluding steroid dienone is 2. The Morgan fingerprint density at radius 2 is 1.76 bits per heavy atom. The second-order valence-electron chi connectivity index (χ2n) is 6.48. The van der Waals surface area contributed by atoms with Gasteiger partial charge in [-0.2, -0.15) is 10.1 Å². The predicted octanol–water partition coefficient (Wildman–Crippen LogP) is 1.29. The maximum Gasteiger partial charge on any atom is 0.341 e. The van der Waals surface area contributed by atoms with Crippen LogP contribution < -0.4 is 4.74 Å². The summed E-state index contributed by atoms with van der Waals surface area (Å²) in [6.07, 6.45) is 6.43. The van der Waals surface area contributed by atoms with Crippen LogP contribution in [0, 0.1) is 23.7 Å². The summed E-state index contributed by atoms with van der Waals surface area (Å²) in [4.78, 5) is 35.5. The molecule has 1 N–H and O–H groups in total. The van der Waals surface area contributed by atoms with Gasteiger partial charge in [0.2, 0.25) is 0 Å². The highest BCUT2D eigenvalue weighted by molar-refractivity contribution is 6.06. The smallest absolute Gasteiger partial charge is 0.341 e. The molecule has 0 spiro atoms. The molecule has 1 heterocycles. The summed E-state index contributed by atoms with van der Waals surface area (Å²) in [7, 11) is 0. The molecule has 1 saturated heterocycles. The Hall–Kier alpha value is -2.96. The highest BCUT2D eigenvalue weighted by Crippen LogP contribution is 2.52. The van der Waals surface area contributed by atoms with Gasteiger partial charge in [0.05, 0.1) is 18.1 Å².